The Morgan fingerprint density at radius 1 is 0.558 bits per heavy atom. The summed E-state index contributed by atoms with van der Waals surface area (Å²) in [6, 6.07) is 49.7. The van der Waals surface area contributed by atoms with Crippen molar-refractivity contribution < 1.29 is 0 Å². The summed E-state index contributed by atoms with van der Waals surface area (Å²) in [5.41, 5.74) is 8.67. The van der Waals surface area contributed by atoms with Crippen molar-refractivity contribution in [3.05, 3.63) is 151 Å². The zero-order valence-corrected chi connectivity index (χ0v) is 24.3. The number of fused-ring (bicyclic) bond motifs is 7. The van der Waals surface area contributed by atoms with E-state index in [0.29, 0.717) is 5.92 Å². The normalized spacial score (nSPS) is 13.0. The lowest BCUT2D eigenvalue weighted by atomic mass is 10.1. The van der Waals surface area contributed by atoms with Gasteiger partial charge in [0.1, 0.15) is 5.82 Å². The Labute approximate surface area is 251 Å². The predicted molar refractivity (Wildman–Crippen MR) is 181 cm³/mol. The van der Waals surface area contributed by atoms with Crippen LogP contribution in [0.3, 0.4) is 0 Å². The molecule has 208 valence electrons. The van der Waals surface area contributed by atoms with Crippen LogP contribution in [0.25, 0.3) is 55.1 Å². The molecule has 3 nitrogen and oxygen atoms in total. The molecule has 0 bridgehead atoms. The first kappa shape index (κ1) is 25.6. The molecule has 1 aliphatic carbocycles. The van der Waals surface area contributed by atoms with E-state index >= 15 is 0 Å². The molecular formula is C40H33N3. The third kappa shape index (κ3) is 4.40. The van der Waals surface area contributed by atoms with Gasteiger partial charge in [-0.2, -0.15) is 0 Å². The second-order valence-corrected chi connectivity index (χ2v) is 11.4. The highest BCUT2D eigenvalue weighted by Crippen LogP contribution is 2.43. The Hall–Kier alpha value is -5.15. The molecular weight excluding hydrogens is 522 g/mol. The van der Waals surface area contributed by atoms with Crippen LogP contribution < -0.4 is 0 Å². The molecule has 43 heavy (non-hydrogen) atoms. The van der Waals surface area contributed by atoms with Crippen molar-refractivity contribution in [3.63, 3.8) is 0 Å². The fraction of sp³-hybridized carbons (Fsp3) is 0.125. The van der Waals surface area contributed by atoms with Crippen LogP contribution in [0.5, 0.6) is 0 Å². The molecule has 5 aromatic carbocycles. The average molecular weight is 556 g/mol. The molecule has 0 unspecified atom stereocenters. The van der Waals surface area contributed by atoms with Crippen molar-refractivity contribution in [2.45, 2.75) is 32.1 Å². The third-order valence-electron chi connectivity index (χ3n) is 8.72. The number of aryl methyl sites for hydroxylation is 1. The maximum atomic E-state index is 5.19. The van der Waals surface area contributed by atoms with E-state index in [9.17, 15) is 0 Å². The van der Waals surface area contributed by atoms with Gasteiger partial charge in [-0.05, 0) is 67.3 Å². The molecule has 3 heterocycles. The van der Waals surface area contributed by atoms with Crippen LogP contribution in [-0.2, 0) is 6.42 Å². The van der Waals surface area contributed by atoms with E-state index in [-0.39, 0.29) is 0 Å². The van der Waals surface area contributed by atoms with Gasteiger partial charge < -0.3 is 4.57 Å². The number of hydrogen-bond acceptors (Lipinski definition) is 1. The van der Waals surface area contributed by atoms with Gasteiger partial charge in [0, 0.05) is 38.8 Å². The number of pyridine rings is 1. The number of aromatic nitrogens is 3. The summed E-state index contributed by atoms with van der Waals surface area (Å²) in [5.74, 6) is 1.62. The highest BCUT2D eigenvalue weighted by atomic mass is 15.1. The molecule has 8 aromatic rings. The van der Waals surface area contributed by atoms with Gasteiger partial charge in [-0.25, -0.2) is 4.98 Å². The molecule has 3 aromatic heterocycles. The fourth-order valence-electron chi connectivity index (χ4n) is 6.49. The Morgan fingerprint density at radius 2 is 1.21 bits per heavy atom. The van der Waals surface area contributed by atoms with Crippen LogP contribution in [0.1, 0.15) is 36.9 Å². The summed E-state index contributed by atoms with van der Waals surface area (Å²) < 4.78 is 4.78. The van der Waals surface area contributed by atoms with Crippen molar-refractivity contribution in [1.82, 2.24) is 14.1 Å². The smallest absolute Gasteiger partial charge is 0.137 e. The minimum Gasteiger partial charge on any atom is -0.309 e. The summed E-state index contributed by atoms with van der Waals surface area (Å²) in [6.45, 7) is 2.16. The highest BCUT2D eigenvalue weighted by molar-refractivity contribution is 6.26. The van der Waals surface area contributed by atoms with E-state index in [1.807, 2.05) is 6.07 Å². The zero-order chi connectivity index (χ0) is 28.8. The lowest BCUT2D eigenvalue weighted by molar-refractivity contribution is 0.974. The van der Waals surface area contributed by atoms with Gasteiger partial charge in [0.05, 0.1) is 22.1 Å². The number of nitrogens with zero attached hydrogens (tertiary/aromatic N) is 3. The first-order valence-electron chi connectivity index (χ1n) is 15.3. The van der Waals surface area contributed by atoms with Crippen LogP contribution in [0, 0.1) is 0 Å². The first-order chi connectivity index (χ1) is 21.3. The predicted octanol–water partition coefficient (Wildman–Crippen LogP) is 10.4. The second-order valence-electron chi connectivity index (χ2n) is 11.4. The van der Waals surface area contributed by atoms with Crippen LogP contribution in [0.2, 0.25) is 0 Å². The summed E-state index contributed by atoms with van der Waals surface area (Å²) in [4.78, 5) is 5.19. The van der Waals surface area contributed by atoms with Gasteiger partial charge in [-0.15, -0.1) is 0 Å². The molecule has 0 aliphatic heterocycles. The summed E-state index contributed by atoms with van der Waals surface area (Å²) in [5, 5.41) is 5.07. The summed E-state index contributed by atoms with van der Waals surface area (Å²) in [6.07, 6.45) is 3.64. The topological polar surface area (TPSA) is 22.8 Å². The largest absolute Gasteiger partial charge is 0.309 e. The standard InChI is InChI=1S/C32H23N3.C8H10/c1-2-9-22(10-3-1)34-28-15-7-5-12-25(28)31-29(34)20-19-24-23-11-4-6-14-27(23)35(32(24)31)30-16-8-13-26(33-30)21-17-18-21;1-2-8-6-4-3-5-7-8/h1-16,19-21H,17-18H2;3-7H,2H2,1H3. The van der Waals surface area contributed by atoms with Crippen molar-refractivity contribution in [3.8, 4) is 11.5 Å². The van der Waals surface area contributed by atoms with Gasteiger partial charge in [0.2, 0.25) is 0 Å². The van der Waals surface area contributed by atoms with Crippen molar-refractivity contribution in [2.75, 3.05) is 0 Å². The van der Waals surface area contributed by atoms with Crippen LogP contribution in [-0.4, -0.2) is 14.1 Å². The Morgan fingerprint density at radius 3 is 1.91 bits per heavy atom. The monoisotopic (exact) mass is 555 g/mol. The zero-order valence-electron chi connectivity index (χ0n) is 24.3. The van der Waals surface area contributed by atoms with E-state index < -0.39 is 0 Å². The average Bonchev–Trinajstić information content (AvgIpc) is 3.81. The fourth-order valence-corrected chi connectivity index (χ4v) is 6.49. The Kier molecular flexibility index (Phi) is 6.30. The van der Waals surface area contributed by atoms with Crippen LogP contribution in [0.4, 0.5) is 0 Å². The molecule has 1 aliphatic rings. The van der Waals surface area contributed by atoms with Gasteiger partial charge in [0.15, 0.2) is 0 Å². The molecule has 0 atom stereocenters. The van der Waals surface area contributed by atoms with E-state index in [1.54, 1.807) is 0 Å². The lowest BCUT2D eigenvalue weighted by Crippen LogP contribution is -2.00. The molecule has 0 saturated heterocycles. The number of benzene rings is 5. The molecule has 9 rings (SSSR count). The van der Waals surface area contributed by atoms with Crippen molar-refractivity contribution >= 4 is 43.6 Å². The molecule has 0 N–H and O–H groups in total. The van der Waals surface area contributed by atoms with Gasteiger partial charge in [-0.1, -0.05) is 104 Å². The van der Waals surface area contributed by atoms with E-state index in [2.05, 4.69) is 150 Å². The summed E-state index contributed by atoms with van der Waals surface area (Å²) in [7, 11) is 0. The van der Waals surface area contributed by atoms with E-state index in [4.69, 9.17) is 4.98 Å². The van der Waals surface area contributed by atoms with Gasteiger partial charge >= 0.3 is 0 Å². The van der Waals surface area contributed by atoms with Crippen molar-refractivity contribution in [2.24, 2.45) is 0 Å². The number of rotatable bonds is 4. The lowest BCUT2D eigenvalue weighted by Gasteiger charge is -2.10. The number of hydrogen-bond donors (Lipinski definition) is 0. The van der Waals surface area contributed by atoms with Crippen LogP contribution in [0.15, 0.2) is 140 Å². The van der Waals surface area contributed by atoms with Crippen LogP contribution >= 0.6 is 0 Å². The minimum absolute atomic E-state index is 0.614. The van der Waals surface area contributed by atoms with Crippen molar-refractivity contribution in [1.29, 1.82) is 0 Å². The molecule has 1 saturated carbocycles. The SMILES string of the molecule is CCc1ccccc1.c1ccc(-n2c3ccccc3c3c2ccc2c4ccccc4n(-c4cccc(C5CC5)n4)c23)cc1. The Bertz CT molecular complexity index is 2220. The molecule has 3 heteroatoms. The molecule has 1 fully saturated rings. The second kappa shape index (κ2) is 10.6. The van der Waals surface area contributed by atoms with E-state index in [0.717, 1.165) is 12.2 Å². The maximum Gasteiger partial charge on any atom is 0.137 e. The molecule has 0 radical (unpaired) electrons. The van der Waals surface area contributed by atoms with E-state index in [1.165, 1.54) is 73.4 Å². The van der Waals surface area contributed by atoms with Gasteiger partial charge in [-0.3, -0.25) is 4.57 Å². The highest BCUT2D eigenvalue weighted by Gasteiger charge is 2.26. The first-order valence-corrected chi connectivity index (χ1v) is 15.3. The molecule has 0 spiro atoms. The maximum absolute atomic E-state index is 5.19. The quantitative estimate of drug-likeness (QED) is 0.212. The third-order valence-corrected chi connectivity index (χ3v) is 8.72. The number of para-hydroxylation sites is 3. The minimum atomic E-state index is 0.614. The van der Waals surface area contributed by atoms with Gasteiger partial charge in [0.25, 0.3) is 0 Å². The Balaban J connectivity index is 0.000000304. The molecule has 0 amide bonds. The summed E-state index contributed by atoms with van der Waals surface area (Å²) >= 11 is 0.